The van der Waals surface area contributed by atoms with Gasteiger partial charge in [0.05, 0.1) is 12.8 Å². The van der Waals surface area contributed by atoms with Crippen molar-refractivity contribution < 1.29 is 13.9 Å². The molecule has 4 rings (SSSR count). The Morgan fingerprint density at radius 3 is 2.71 bits per heavy atom. The molecule has 1 unspecified atom stereocenters. The van der Waals surface area contributed by atoms with Crippen molar-refractivity contribution in [2.24, 2.45) is 0 Å². The number of pyridine rings is 1. The molecule has 0 aliphatic heterocycles. The van der Waals surface area contributed by atoms with Crippen molar-refractivity contribution in [1.82, 2.24) is 14.7 Å². The van der Waals surface area contributed by atoms with Gasteiger partial charge in [0, 0.05) is 36.8 Å². The zero-order valence-corrected chi connectivity index (χ0v) is 17.5. The SMILES string of the molecule is COc1ccccc1C(CC(=O)NCc1ccc(F)cc1)c1cnc2cc(C)ccn12. The van der Waals surface area contributed by atoms with Gasteiger partial charge in [0.15, 0.2) is 0 Å². The number of methoxy groups -OCH3 is 1. The van der Waals surface area contributed by atoms with E-state index in [1.54, 1.807) is 19.2 Å². The Morgan fingerprint density at radius 2 is 1.94 bits per heavy atom. The molecule has 0 saturated carbocycles. The van der Waals surface area contributed by atoms with Gasteiger partial charge in [-0.2, -0.15) is 0 Å². The van der Waals surface area contributed by atoms with Gasteiger partial charge in [-0.1, -0.05) is 30.3 Å². The molecule has 2 heterocycles. The quantitative estimate of drug-likeness (QED) is 0.477. The number of ether oxygens (including phenoxy) is 1. The third-order valence-electron chi connectivity index (χ3n) is 5.36. The van der Waals surface area contributed by atoms with Crippen molar-refractivity contribution in [3.63, 3.8) is 0 Å². The van der Waals surface area contributed by atoms with Gasteiger partial charge in [0.2, 0.25) is 5.91 Å². The number of fused-ring (bicyclic) bond motifs is 1. The number of carbonyl (C=O) groups is 1. The van der Waals surface area contributed by atoms with Crippen LogP contribution in [0.3, 0.4) is 0 Å². The van der Waals surface area contributed by atoms with Crippen LogP contribution in [0.5, 0.6) is 5.75 Å². The molecule has 6 heteroatoms. The van der Waals surface area contributed by atoms with Crippen LogP contribution in [-0.4, -0.2) is 22.4 Å². The topological polar surface area (TPSA) is 55.6 Å². The fraction of sp³-hybridized carbons (Fsp3) is 0.200. The van der Waals surface area contributed by atoms with Gasteiger partial charge in [-0.05, 0) is 48.4 Å². The van der Waals surface area contributed by atoms with Crippen LogP contribution < -0.4 is 10.1 Å². The average Bonchev–Trinajstić information content (AvgIpc) is 3.20. The second kappa shape index (κ2) is 9.00. The van der Waals surface area contributed by atoms with Gasteiger partial charge in [-0.25, -0.2) is 9.37 Å². The van der Waals surface area contributed by atoms with Crippen molar-refractivity contribution in [3.05, 3.63) is 101 Å². The Hall–Kier alpha value is -3.67. The van der Waals surface area contributed by atoms with Crippen LogP contribution in [0, 0.1) is 12.7 Å². The number of nitrogens with one attached hydrogen (secondary N) is 1. The van der Waals surface area contributed by atoms with Crippen molar-refractivity contribution >= 4 is 11.6 Å². The first kappa shape index (κ1) is 20.6. The Labute approximate surface area is 180 Å². The van der Waals surface area contributed by atoms with Crippen LogP contribution in [0.2, 0.25) is 0 Å². The van der Waals surface area contributed by atoms with Crippen molar-refractivity contribution in [1.29, 1.82) is 0 Å². The summed E-state index contributed by atoms with van der Waals surface area (Å²) < 4.78 is 20.7. The van der Waals surface area contributed by atoms with Gasteiger partial charge in [0.1, 0.15) is 17.2 Å². The third-order valence-corrected chi connectivity index (χ3v) is 5.36. The molecule has 0 bridgehead atoms. The highest BCUT2D eigenvalue weighted by Gasteiger charge is 2.24. The highest BCUT2D eigenvalue weighted by molar-refractivity contribution is 5.77. The van der Waals surface area contributed by atoms with E-state index in [0.29, 0.717) is 6.54 Å². The summed E-state index contributed by atoms with van der Waals surface area (Å²) in [5.74, 6) is 0.0689. The molecule has 31 heavy (non-hydrogen) atoms. The molecule has 0 spiro atoms. The molecule has 0 radical (unpaired) electrons. The first-order chi connectivity index (χ1) is 15.0. The molecule has 1 amide bonds. The summed E-state index contributed by atoms with van der Waals surface area (Å²) in [6.45, 7) is 2.36. The molecule has 1 N–H and O–H groups in total. The number of aryl methyl sites for hydroxylation is 1. The van der Waals surface area contributed by atoms with E-state index in [1.165, 1.54) is 12.1 Å². The molecule has 0 fully saturated rings. The van der Waals surface area contributed by atoms with E-state index < -0.39 is 0 Å². The molecular weight excluding hydrogens is 393 g/mol. The van der Waals surface area contributed by atoms with Gasteiger partial charge >= 0.3 is 0 Å². The molecule has 0 saturated heterocycles. The zero-order chi connectivity index (χ0) is 21.8. The minimum atomic E-state index is -0.297. The summed E-state index contributed by atoms with van der Waals surface area (Å²) in [6, 6.07) is 17.9. The highest BCUT2D eigenvalue weighted by atomic mass is 19.1. The van der Waals surface area contributed by atoms with Gasteiger partial charge in [-0.15, -0.1) is 0 Å². The number of aromatic nitrogens is 2. The van der Waals surface area contributed by atoms with Crippen LogP contribution in [0.15, 0.2) is 73.1 Å². The second-order valence-corrected chi connectivity index (χ2v) is 7.52. The predicted octanol–water partition coefficient (Wildman–Crippen LogP) is 4.63. The number of rotatable bonds is 7. The number of benzene rings is 2. The number of nitrogens with zero attached hydrogens (tertiary/aromatic N) is 2. The van der Waals surface area contributed by atoms with Crippen molar-refractivity contribution in [2.45, 2.75) is 25.8 Å². The maximum Gasteiger partial charge on any atom is 0.221 e. The number of para-hydroxylation sites is 1. The number of imidazole rings is 1. The number of hydrogen-bond acceptors (Lipinski definition) is 3. The van der Waals surface area contributed by atoms with Gasteiger partial charge in [0.25, 0.3) is 0 Å². The predicted molar refractivity (Wildman–Crippen MR) is 118 cm³/mol. The normalized spacial score (nSPS) is 12.0. The average molecular weight is 417 g/mol. The summed E-state index contributed by atoms with van der Waals surface area (Å²) >= 11 is 0. The van der Waals surface area contributed by atoms with E-state index in [2.05, 4.69) is 10.3 Å². The molecule has 4 aromatic rings. The minimum Gasteiger partial charge on any atom is -0.496 e. The summed E-state index contributed by atoms with van der Waals surface area (Å²) in [5.41, 5.74) is 4.63. The standard InChI is InChI=1S/C25H24FN3O2/c1-17-11-12-29-22(16-27-24(29)13-17)21(20-5-3-4-6-23(20)31-2)14-25(30)28-15-18-7-9-19(26)10-8-18/h3-13,16,21H,14-15H2,1-2H3,(H,28,30). The highest BCUT2D eigenvalue weighted by Crippen LogP contribution is 2.34. The number of amides is 1. The molecule has 0 aliphatic carbocycles. The molecule has 5 nitrogen and oxygen atoms in total. The molecule has 158 valence electrons. The molecule has 2 aromatic heterocycles. The Balaban J connectivity index is 1.63. The molecule has 0 aliphatic rings. The van der Waals surface area contributed by atoms with Crippen LogP contribution >= 0.6 is 0 Å². The van der Waals surface area contributed by atoms with E-state index in [-0.39, 0.29) is 24.1 Å². The van der Waals surface area contributed by atoms with Crippen LogP contribution in [0.1, 0.15) is 34.7 Å². The Kier molecular flexibility index (Phi) is 5.98. The lowest BCUT2D eigenvalue weighted by Gasteiger charge is -2.20. The minimum absolute atomic E-state index is 0.109. The largest absolute Gasteiger partial charge is 0.496 e. The van der Waals surface area contributed by atoms with Gasteiger partial charge in [-0.3, -0.25) is 4.79 Å². The third kappa shape index (κ3) is 4.58. The smallest absolute Gasteiger partial charge is 0.221 e. The number of hydrogen-bond donors (Lipinski definition) is 1. The van der Waals surface area contributed by atoms with E-state index in [9.17, 15) is 9.18 Å². The monoisotopic (exact) mass is 417 g/mol. The fourth-order valence-electron chi connectivity index (χ4n) is 3.75. The summed E-state index contributed by atoms with van der Waals surface area (Å²) in [4.78, 5) is 17.4. The van der Waals surface area contributed by atoms with Crippen LogP contribution in [0.25, 0.3) is 5.65 Å². The first-order valence-corrected chi connectivity index (χ1v) is 10.1. The van der Waals surface area contributed by atoms with Crippen LogP contribution in [0.4, 0.5) is 4.39 Å². The lowest BCUT2D eigenvalue weighted by atomic mass is 9.91. The van der Waals surface area contributed by atoms with E-state index >= 15 is 0 Å². The maximum atomic E-state index is 13.1. The summed E-state index contributed by atoms with van der Waals surface area (Å²) in [5, 5.41) is 2.94. The lowest BCUT2D eigenvalue weighted by Crippen LogP contribution is -2.25. The van der Waals surface area contributed by atoms with E-state index in [0.717, 1.165) is 33.8 Å². The van der Waals surface area contributed by atoms with Crippen molar-refractivity contribution in [2.75, 3.05) is 7.11 Å². The lowest BCUT2D eigenvalue weighted by molar-refractivity contribution is -0.121. The molecule has 2 aromatic carbocycles. The maximum absolute atomic E-state index is 13.1. The summed E-state index contributed by atoms with van der Waals surface area (Å²) in [6.07, 6.45) is 4.02. The number of carbonyl (C=O) groups excluding carboxylic acids is 1. The van der Waals surface area contributed by atoms with E-state index in [1.807, 2.05) is 60.1 Å². The molecular formula is C25H24FN3O2. The second-order valence-electron chi connectivity index (χ2n) is 7.52. The van der Waals surface area contributed by atoms with Gasteiger partial charge < -0.3 is 14.5 Å². The fourth-order valence-corrected chi connectivity index (χ4v) is 3.75. The van der Waals surface area contributed by atoms with E-state index in [4.69, 9.17) is 4.74 Å². The Bertz CT molecular complexity index is 1200. The zero-order valence-electron chi connectivity index (χ0n) is 17.5. The first-order valence-electron chi connectivity index (χ1n) is 10.1. The van der Waals surface area contributed by atoms with Crippen LogP contribution in [-0.2, 0) is 11.3 Å². The summed E-state index contributed by atoms with van der Waals surface area (Å²) in [7, 11) is 1.63. The van der Waals surface area contributed by atoms with Crippen molar-refractivity contribution in [3.8, 4) is 5.75 Å². The Morgan fingerprint density at radius 1 is 1.16 bits per heavy atom. The number of halogens is 1. The molecule has 1 atom stereocenters.